The van der Waals surface area contributed by atoms with Gasteiger partial charge in [0, 0.05) is 11.8 Å². The number of aromatic nitrogens is 1. The molecule has 1 rings (SSSR count). The van der Waals surface area contributed by atoms with E-state index < -0.39 is 18.2 Å². The largest absolute Gasteiger partial charge is 0.469 e. The molecule has 1 aromatic rings. The first-order valence-electron chi connectivity index (χ1n) is 4.69. The van der Waals surface area contributed by atoms with E-state index in [1.165, 1.54) is 25.4 Å². The number of anilines is 1. The Morgan fingerprint density at radius 2 is 2.25 bits per heavy atom. The molecule has 1 aromatic heterocycles. The third kappa shape index (κ3) is 3.18. The van der Waals surface area contributed by atoms with Crippen LogP contribution in [0.5, 0.6) is 0 Å². The molecule has 6 heteroatoms. The highest BCUT2D eigenvalue weighted by atomic mass is 16.5. The molecule has 0 amide bonds. The van der Waals surface area contributed by atoms with Crippen LogP contribution in [-0.4, -0.2) is 34.4 Å². The average Bonchev–Trinajstić information content (AvgIpc) is 2.28. The SMILES string of the molecule is COC(=O)CC(O)C(O)c1ccc(N)nc1. The summed E-state index contributed by atoms with van der Waals surface area (Å²) in [6.45, 7) is 0. The van der Waals surface area contributed by atoms with Gasteiger partial charge in [-0.25, -0.2) is 4.98 Å². The highest BCUT2D eigenvalue weighted by molar-refractivity contribution is 5.69. The Labute approximate surface area is 92.7 Å². The lowest BCUT2D eigenvalue weighted by atomic mass is 10.0. The molecular weight excluding hydrogens is 212 g/mol. The van der Waals surface area contributed by atoms with Gasteiger partial charge >= 0.3 is 5.97 Å². The van der Waals surface area contributed by atoms with Crippen molar-refractivity contribution >= 4 is 11.8 Å². The van der Waals surface area contributed by atoms with E-state index in [1.807, 2.05) is 0 Å². The molecule has 1 heterocycles. The highest BCUT2D eigenvalue weighted by Gasteiger charge is 2.21. The summed E-state index contributed by atoms with van der Waals surface area (Å²) in [5.74, 6) is -0.270. The van der Waals surface area contributed by atoms with Gasteiger partial charge in [-0.1, -0.05) is 6.07 Å². The number of aliphatic hydroxyl groups excluding tert-OH is 2. The topological polar surface area (TPSA) is 106 Å². The molecule has 0 spiro atoms. The predicted molar refractivity (Wildman–Crippen MR) is 56.2 cm³/mol. The van der Waals surface area contributed by atoms with Crippen LogP contribution in [0.15, 0.2) is 18.3 Å². The second-order valence-corrected chi connectivity index (χ2v) is 3.31. The Hall–Kier alpha value is -1.66. The van der Waals surface area contributed by atoms with Crippen LogP contribution in [-0.2, 0) is 9.53 Å². The number of nitrogens with two attached hydrogens (primary N) is 1. The van der Waals surface area contributed by atoms with E-state index >= 15 is 0 Å². The molecule has 2 atom stereocenters. The Balaban J connectivity index is 2.66. The van der Waals surface area contributed by atoms with Crippen LogP contribution in [0.3, 0.4) is 0 Å². The summed E-state index contributed by atoms with van der Waals surface area (Å²) in [6, 6.07) is 3.04. The summed E-state index contributed by atoms with van der Waals surface area (Å²) in [4.78, 5) is 14.7. The molecule has 0 aliphatic carbocycles. The van der Waals surface area contributed by atoms with Crippen LogP contribution in [0.2, 0.25) is 0 Å². The Kier molecular flexibility index (Phi) is 4.21. The standard InChI is InChI=1S/C10H14N2O4/c1-16-9(14)4-7(13)10(15)6-2-3-8(11)12-5-6/h2-3,5,7,10,13,15H,4H2,1H3,(H2,11,12). The Bertz CT molecular complexity index is 352. The van der Waals surface area contributed by atoms with Crippen molar-refractivity contribution in [1.29, 1.82) is 0 Å². The first kappa shape index (κ1) is 12.4. The zero-order valence-electron chi connectivity index (χ0n) is 8.83. The smallest absolute Gasteiger partial charge is 0.308 e. The van der Waals surface area contributed by atoms with Crippen LogP contribution in [0.1, 0.15) is 18.1 Å². The van der Waals surface area contributed by atoms with E-state index in [0.717, 1.165) is 0 Å². The number of hydrogen-bond donors (Lipinski definition) is 3. The predicted octanol–water partition coefficient (Wildman–Crippen LogP) is -0.379. The minimum atomic E-state index is -1.22. The zero-order valence-corrected chi connectivity index (χ0v) is 8.83. The van der Waals surface area contributed by atoms with Gasteiger partial charge in [-0.05, 0) is 6.07 Å². The second kappa shape index (κ2) is 5.43. The van der Waals surface area contributed by atoms with E-state index in [0.29, 0.717) is 11.4 Å². The monoisotopic (exact) mass is 226 g/mol. The number of rotatable bonds is 4. The molecule has 0 radical (unpaired) electrons. The van der Waals surface area contributed by atoms with Crippen LogP contribution in [0.25, 0.3) is 0 Å². The molecule has 16 heavy (non-hydrogen) atoms. The Morgan fingerprint density at radius 3 is 2.75 bits per heavy atom. The van der Waals surface area contributed by atoms with E-state index in [9.17, 15) is 15.0 Å². The molecule has 0 saturated carbocycles. The summed E-state index contributed by atoms with van der Waals surface area (Å²) in [6.07, 6.45) is -1.34. The van der Waals surface area contributed by atoms with Gasteiger partial charge in [0.05, 0.1) is 19.6 Å². The van der Waals surface area contributed by atoms with Gasteiger partial charge in [0.25, 0.3) is 0 Å². The lowest BCUT2D eigenvalue weighted by Gasteiger charge is -2.16. The number of aliphatic hydroxyl groups is 2. The van der Waals surface area contributed by atoms with Crippen molar-refractivity contribution < 1.29 is 19.7 Å². The normalized spacial score (nSPS) is 14.2. The van der Waals surface area contributed by atoms with E-state index in [4.69, 9.17) is 5.73 Å². The third-order valence-corrected chi connectivity index (χ3v) is 2.12. The van der Waals surface area contributed by atoms with Crippen LogP contribution < -0.4 is 5.73 Å². The quantitative estimate of drug-likeness (QED) is 0.604. The highest BCUT2D eigenvalue weighted by Crippen LogP contribution is 2.18. The van der Waals surface area contributed by atoms with Crippen LogP contribution in [0, 0.1) is 0 Å². The van der Waals surface area contributed by atoms with Gasteiger partial charge in [0.15, 0.2) is 0 Å². The fourth-order valence-corrected chi connectivity index (χ4v) is 1.18. The number of nitrogens with zero attached hydrogens (tertiary/aromatic N) is 1. The molecule has 6 nitrogen and oxygen atoms in total. The zero-order chi connectivity index (χ0) is 12.1. The van der Waals surface area contributed by atoms with Crippen molar-refractivity contribution in [1.82, 2.24) is 4.98 Å². The summed E-state index contributed by atoms with van der Waals surface area (Å²) in [5.41, 5.74) is 5.77. The molecule has 0 aromatic carbocycles. The molecule has 2 unspecified atom stereocenters. The summed E-state index contributed by atoms with van der Waals surface area (Å²) >= 11 is 0. The number of nitrogen functional groups attached to an aromatic ring is 1. The van der Waals surface area contributed by atoms with E-state index in [2.05, 4.69) is 9.72 Å². The maximum atomic E-state index is 10.9. The molecular formula is C10H14N2O4. The number of carbonyl (C=O) groups is 1. The number of ether oxygens (including phenoxy) is 1. The molecule has 88 valence electrons. The molecule has 4 N–H and O–H groups in total. The van der Waals surface area contributed by atoms with Crippen molar-refractivity contribution in [3.05, 3.63) is 23.9 Å². The van der Waals surface area contributed by atoms with Crippen molar-refractivity contribution in [3.63, 3.8) is 0 Å². The first-order valence-corrected chi connectivity index (χ1v) is 4.69. The van der Waals surface area contributed by atoms with Crippen molar-refractivity contribution in [2.45, 2.75) is 18.6 Å². The number of hydrogen-bond acceptors (Lipinski definition) is 6. The summed E-state index contributed by atoms with van der Waals surface area (Å²) in [5, 5.41) is 19.2. The van der Waals surface area contributed by atoms with Gasteiger partial charge in [0.1, 0.15) is 11.9 Å². The second-order valence-electron chi connectivity index (χ2n) is 3.31. The third-order valence-electron chi connectivity index (χ3n) is 2.12. The maximum Gasteiger partial charge on any atom is 0.308 e. The molecule has 0 aliphatic rings. The number of esters is 1. The van der Waals surface area contributed by atoms with Gasteiger partial charge in [-0.15, -0.1) is 0 Å². The van der Waals surface area contributed by atoms with Gasteiger partial charge in [0.2, 0.25) is 0 Å². The lowest BCUT2D eigenvalue weighted by molar-refractivity contribution is -0.144. The van der Waals surface area contributed by atoms with Crippen molar-refractivity contribution in [3.8, 4) is 0 Å². The maximum absolute atomic E-state index is 10.9. The number of methoxy groups -OCH3 is 1. The van der Waals surface area contributed by atoms with Gasteiger partial charge in [-0.2, -0.15) is 0 Å². The molecule has 0 aliphatic heterocycles. The van der Waals surface area contributed by atoms with Crippen LogP contribution in [0.4, 0.5) is 5.82 Å². The number of carbonyl (C=O) groups excluding carboxylic acids is 1. The minimum absolute atomic E-state index is 0.276. The van der Waals surface area contributed by atoms with Crippen molar-refractivity contribution in [2.24, 2.45) is 0 Å². The van der Waals surface area contributed by atoms with E-state index in [-0.39, 0.29) is 6.42 Å². The fourth-order valence-electron chi connectivity index (χ4n) is 1.18. The van der Waals surface area contributed by atoms with Gasteiger partial charge < -0.3 is 20.7 Å². The Morgan fingerprint density at radius 1 is 1.56 bits per heavy atom. The lowest BCUT2D eigenvalue weighted by Crippen LogP contribution is -2.22. The first-order chi connectivity index (χ1) is 7.54. The minimum Gasteiger partial charge on any atom is -0.469 e. The van der Waals surface area contributed by atoms with Crippen LogP contribution >= 0.6 is 0 Å². The fraction of sp³-hybridized carbons (Fsp3) is 0.400. The molecule has 0 fully saturated rings. The molecule has 0 saturated heterocycles. The summed E-state index contributed by atoms with van der Waals surface area (Å²) in [7, 11) is 1.21. The van der Waals surface area contributed by atoms with Crippen molar-refractivity contribution in [2.75, 3.05) is 12.8 Å². The van der Waals surface area contributed by atoms with E-state index in [1.54, 1.807) is 0 Å². The summed E-state index contributed by atoms with van der Waals surface area (Å²) < 4.78 is 4.38. The average molecular weight is 226 g/mol. The molecule has 0 bridgehead atoms. The number of pyridine rings is 1. The van der Waals surface area contributed by atoms with Gasteiger partial charge in [-0.3, -0.25) is 4.79 Å².